The molecule has 0 aliphatic heterocycles. The van der Waals surface area contributed by atoms with Gasteiger partial charge < -0.3 is 11.1 Å². The van der Waals surface area contributed by atoms with Gasteiger partial charge >= 0.3 is 0 Å². The van der Waals surface area contributed by atoms with Crippen molar-refractivity contribution in [3.63, 3.8) is 0 Å². The zero-order chi connectivity index (χ0) is 9.97. The zero-order valence-corrected chi connectivity index (χ0v) is 7.99. The Hall–Kier alpha value is -1.84. The van der Waals surface area contributed by atoms with Gasteiger partial charge in [0.05, 0.1) is 0 Å². The number of anilines is 2. The van der Waals surface area contributed by atoms with E-state index < -0.39 is 0 Å². The quantitative estimate of drug-likeness (QED) is 0.752. The standard InChI is InChI=1S/C10H12N4/c1-2-12-9-5-7-3-4-13-10(11)8(7)6-14-9/h3-6H,2H2,1H3,(H2,11,13)(H,12,14). The predicted octanol–water partition coefficient (Wildman–Crippen LogP) is 1.64. The molecule has 2 rings (SSSR count). The molecule has 4 nitrogen and oxygen atoms in total. The first kappa shape index (κ1) is 8.74. The Balaban J connectivity index is 2.56. The molecule has 0 bridgehead atoms. The molecule has 0 atom stereocenters. The lowest BCUT2D eigenvalue weighted by atomic mass is 10.2. The summed E-state index contributed by atoms with van der Waals surface area (Å²) in [6.07, 6.45) is 3.45. The SMILES string of the molecule is CCNc1cc2ccnc(N)c2cn1. The molecule has 0 amide bonds. The number of nitrogens with one attached hydrogen (secondary N) is 1. The molecule has 2 aromatic rings. The van der Waals surface area contributed by atoms with Crippen LogP contribution in [0.3, 0.4) is 0 Å². The van der Waals surface area contributed by atoms with E-state index in [1.807, 2.05) is 19.1 Å². The summed E-state index contributed by atoms with van der Waals surface area (Å²) in [6.45, 7) is 2.89. The van der Waals surface area contributed by atoms with Gasteiger partial charge in [-0.05, 0) is 24.4 Å². The van der Waals surface area contributed by atoms with Crippen LogP contribution in [0.5, 0.6) is 0 Å². The second kappa shape index (κ2) is 3.49. The minimum atomic E-state index is 0.526. The third-order valence-electron chi connectivity index (χ3n) is 2.04. The van der Waals surface area contributed by atoms with Crippen LogP contribution in [0, 0.1) is 0 Å². The molecule has 0 aliphatic rings. The molecular weight excluding hydrogens is 176 g/mol. The van der Waals surface area contributed by atoms with Crippen molar-refractivity contribution in [1.82, 2.24) is 9.97 Å². The molecule has 0 unspecified atom stereocenters. The van der Waals surface area contributed by atoms with Gasteiger partial charge in [-0.2, -0.15) is 0 Å². The van der Waals surface area contributed by atoms with Crippen LogP contribution in [0.4, 0.5) is 11.6 Å². The van der Waals surface area contributed by atoms with Gasteiger partial charge in [0.1, 0.15) is 11.6 Å². The van der Waals surface area contributed by atoms with Gasteiger partial charge in [-0.1, -0.05) is 0 Å². The maximum absolute atomic E-state index is 5.71. The van der Waals surface area contributed by atoms with E-state index in [2.05, 4.69) is 15.3 Å². The number of aromatic nitrogens is 2. The van der Waals surface area contributed by atoms with E-state index in [0.29, 0.717) is 5.82 Å². The molecule has 3 N–H and O–H groups in total. The molecule has 2 aromatic heterocycles. The summed E-state index contributed by atoms with van der Waals surface area (Å²) in [6, 6.07) is 3.89. The molecule has 0 fully saturated rings. The third-order valence-corrected chi connectivity index (χ3v) is 2.04. The molecule has 2 heterocycles. The number of rotatable bonds is 2. The average molecular weight is 188 g/mol. The van der Waals surface area contributed by atoms with E-state index in [-0.39, 0.29) is 0 Å². The molecule has 0 saturated carbocycles. The van der Waals surface area contributed by atoms with Gasteiger partial charge in [0.2, 0.25) is 0 Å². The first-order valence-corrected chi connectivity index (χ1v) is 4.55. The van der Waals surface area contributed by atoms with Crippen LogP contribution in [-0.2, 0) is 0 Å². The summed E-state index contributed by atoms with van der Waals surface area (Å²) < 4.78 is 0. The largest absolute Gasteiger partial charge is 0.383 e. The molecular formula is C10H12N4. The Labute approximate surface area is 82.2 Å². The topological polar surface area (TPSA) is 63.8 Å². The molecule has 0 aromatic carbocycles. The van der Waals surface area contributed by atoms with Crippen LogP contribution in [0.2, 0.25) is 0 Å². The Morgan fingerprint density at radius 3 is 3.07 bits per heavy atom. The van der Waals surface area contributed by atoms with Crippen LogP contribution in [0.1, 0.15) is 6.92 Å². The number of nitrogens with zero attached hydrogens (tertiary/aromatic N) is 2. The Morgan fingerprint density at radius 2 is 2.29 bits per heavy atom. The summed E-state index contributed by atoms with van der Waals surface area (Å²) in [4.78, 5) is 8.23. The van der Waals surface area contributed by atoms with E-state index in [1.54, 1.807) is 12.4 Å². The molecule has 14 heavy (non-hydrogen) atoms. The van der Waals surface area contributed by atoms with Gasteiger partial charge in [0.25, 0.3) is 0 Å². The highest BCUT2D eigenvalue weighted by Crippen LogP contribution is 2.19. The van der Waals surface area contributed by atoms with Crippen molar-refractivity contribution in [3.8, 4) is 0 Å². The molecule has 0 radical (unpaired) electrons. The fraction of sp³-hybridized carbons (Fsp3) is 0.200. The molecule has 72 valence electrons. The highest BCUT2D eigenvalue weighted by Gasteiger charge is 2.00. The highest BCUT2D eigenvalue weighted by atomic mass is 15.0. The van der Waals surface area contributed by atoms with Crippen molar-refractivity contribution in [2.24, 2.45) is 0 Å². The first-order valence-electron chi connectivity index (χ1n) is 4.55. The lowest BCUT2D eigenvalue weighted by molar-refractivity contribution is 1.17. The van der Waals surface area contributed by atoms with Crippen molar-refractivity contribution < 1.29 is 0 Å². The highest BCUT2D eigenvalue weighted by molar-refractivity contribution is 5.91. The van der Waals surface area contributed by atoms with E-state index in [0.717, 1.165) is 23.1 Å². The number of nitrogen functional groups attached to an aromatic ring is 1. The maximum atomic E-state index is 5.71. The van der Waals surface area contributed by atoms with Crippen molar-refractivity contribution in [1.29, 1.82) is 0 Å². The normalized spacial score (nSPS) is 10.4. The Kier molecular flexibility index (Phi) is 2.18. The Bertz CT molecular complexity index is 453. The smallest absolute Gasteiger partial charge is 0.132 e. The average Bonchev–Trinajstić information content (AvgIpc) is 2.18. The zero-order valence-electron chi connectivity index (χ0n) is 7.99. The van der Waals surface area contributed by atoms with Crippen LogP contribution >= 0.6 is 0 Å². The van der Waals surface area contributed by atoms with E-state index in [9.17, 15) is 0 Å². The molecule has 4 heteroatoms. The van der Waals surface area contributed by atoms with Crippen molar-refractivity contribution in [3.05, 3.63) is 24.5 Å². The van der Waals surface area contributed by atoms with Gasteiger partial charge in [-0.3, -0.25) is 0 Å². The second-order valence-corrected chi connectivity index (χ2v) is 3.02. The summed E-state index contributed by atoms with van der Waals surface area (Å²) in [5.74, 6) is 1.39. The Morgan fingerprint density at radius 1 is 1.43 bits per heavy atom. The summed E-state index contributed by atoms with van der Waals surface area (Å²) in [5, 5.41) is 5.10. The van der Waals surface area contributed by atoms with Crippen molar-refractivity contribution in [2.45, 2.75) is 6.92 Å². The number of fused-ring (bicyclic) bond motifs is 1. The first-order chi connectivity index (χ1) is 6.81. The second-order valence-electron chi connectivity index (χ2n) is 3.02. The van der Waals surface area contributed by atoms with Crippen molar-refractivity contribution in [2.75, 3.05) is 17.6 Å². The van der Waals surface area contributed by atoms with Gasteiger partial charge in [-0.15, -0.1) is 0 Å². The van der Waals surface area contributed by atoms with E-state index in [4.69, 9.17) is 5.73 Å². The number of pyridine rings is 2. The van der Waals surface area contributed by atoms with Crippen LogP contribution in [-0.4, -0.2) is 16.5 Å². The number of hydrogen-bond donors (Lipinski definition) is 2. The van der Waals surface area contributed by atoms with Crippen LogP contribution < -0.4 is 11.1 Å². The predicted molar refractivity (Wildman–Crippen MR) is 58.1 cm³/mol. The summed E-state index contributed by atoms with van der Waals surface area (Å²) >= 11 is 0. The monoisotopic (exact) mass is 188 g/mol. The fourth-order valence-electron chi connectivity index (χ4n) is 1.37. The minimum absolute atomic E-state index is 0.526. The van der Waals surface area contributed by atoms with Crippen LogP contribution in [0.15, 0.2) is 24.5 Å². The van der Waals surface area contributed by atoms with Gasteiger partial charge in [0, 0.05) is 24.3 Å². The van der Waals surface area contributed by atoms with Crippen molar-refractivity contribution >= 4 is 22.4 Å². The third kappa shape index (κ3) is 1.46. The fourth-order valence-corrected chi connectivity index (χ4v) is 1.37. The number of hydrogen-bond acceptors (Lipinski definition) is 4. The summed E-state index contributed by atoms with van der Waals surface area (Å²) in [5.41, 5.74) is 5.71. The summed E-state index contributed by atoms with van der Waals surface area (Å²) in [7, 11) is 0. The van der Waals surface area contributed by atoms with Crippen LogP contribution in [0.25, 0.3) is 10.8 Å². The molecule has 0 aliphatic carbocycles. The molecule has 0 spiro atoms. The van der Waals surface area contributed by atoms with E-state index in [1.165, 1.54) is 0 Å². The van der Waals surface area contributed by atoms with E-state index >= 15 is 0 Å². The lowest BCUT2D eigenvalue weighted by Crippen LogP contribution is -1.99. The molecule has 0 saturated heterocycles. The lowest BCUT2D eigenvalue weighted by Gasteiger charge is -2.04. The van der Waals surface area contributed by atoms with Gasteiger partial charge in [0.15, 0.2) is 0 Å². The maximum Gasteiger partial charge on any atom is 0.132 e. The van der Waals surface area contributed by atoms with Gasteiger partial charge in [-0.25, -0.2) is 9.97 Å². The number of nitrogens with two attached hydrogens (primary N) is 1. The minimum Gasteiger partial charge on any atom is -0.383 e.